The van der Waals surface area contributed by atoms with Gasteiger partial charge in [0, 0.05) is 5.56 Å². The van der Waals surface area contributed by atoms with Crippen LogP contribution in [0.3, 0.4) is 0 Å². The highest BCUT2D eigenvalue weighted by Gasteiger charge is 2.10. The number of benzene rings is 2. The summed E-state index contributed by atoms with van der Waals surface area (Å²) in [6.45, 7) is 3.72. The van der Waals surface area contributed by atoms with Crippen molar-refractivity contribution in [1.82, 2.24) is 0 Å². The Hall–Kier alpha value is -2.60. The Morgan fingerprint density at radius 3 is 2.70 bits per heavy atom. The number of hydrogen-bond donors (Lipinski definition) is 0. The maximum atomic E-state index is 11.6. The predicted molar refractivity (Wildman–Crippen MR) is 76.7 cm³/mol. The number of nitriles is 1. The lowest BCUT2D eigenvalue weighted by atomic mass is 10.1. The molecule has 0 aliphatic rings. The molecule has 2 aromatic carbocycles. The van der Waals surface area contributed by atoms with Crippen LogP contribution in [0, 0.1) is 18.3 Å². The molecule has 0 unspecified atom stereocenters. The van der Waals surface area contributed by atoms with Crippen LogP contribution in [0.5, 0.6) is 5.75 Å². The van der Waals surface area contributed by atoms with Crippen molar-refractivity contribution in [3.05, 3.63) is 64.7 Å². The van der Waals surface area contributed by atoms with Crippen LogP contribution in [0.4, 0.5) is 0 Å². The van der Waals surface area contributed by atoms with E-state index < -0.39 is 0 Å². The molecule has 0 saturated carbocycles. The van der Waals surface area contributed by atoms with Gasteiger partial charge in [-0.3, -0.25) is 4.79 Å². The first-order valence-electron chi connectivity index (χ1n) is 6.34. The van der Waals surface area contributed by atoms with Gasteiger partial charge in [-0.15, -0.1) is 0 Å². The number of carbonyl (C=O) groups is 1. The van der Waals surface area contributed by atoms with Crippen molar-refractivity contribution in [2.45, 2.75) is 20.5 Å². The Morgan fingerprint density at radius 2 is 2.00 bits per heavy atom. The molecule has 0 fully saturated rings. The Kier molecular flexibility index (Phi) is 4.17. The molecule has 0 saturated heterocycles. The van der Waals surface area contributed by atoms with E-state index in [4.69, 9.17) is 10.00 Å². The summed E-state index contributed by atoms with van der Waals surface area (Å²) in [5, 5.41) is 9.04. The molecule has 0 aromatic heterocycles. The zero-order valence-electron chi connectivity index (χ0n) is 11.5. The van der Waals surface area contributed by atoms with Crippen molar-refractivity contribution in [1.29, 1.82) is 5.26 Å². The van der Waals surface area contributed by atoms with Crippen LogP contribution in [0.1, 0.15) is 34.0 Å². The summed E-state index contributed by atoms with van der Waals surface area (Å²) in [7, 11) is 0. The number of rotatable bonds is 4. The van der Waals surface area contributed by atoms with Gasteiger partial charge in [-0.05, 0) is 32.0 Å². The quantitative estimate of drug-likeness (QED) is 0.793. The Bertz CT molecular complexity index is 684. The number of ether oxygens (including phenoxy) is 1. The second-order valence-corrected chi connectivity index (χ2v) is 4.61. The van der Waals surface area contributed by atoms with Crippen LogP contribution in [-0.4, -0.2) is 5.78 Å². The van der Waals surface area contributed by atoms with E-state index in [1.165, 1.54) is 6.92 Å². The summed E-state index contributed by atoms with van der Waals surface area (Å²) < 4.78 is 5.71. The molecule has 0 atom stereocenters. The third-order valence-corrected chi connectivity index (χ3v) is 3.04. The van der Waals surface area contributed by atoms with E-state index in [-0.39, 0.29) is 12.4 Å². The van der Waals surface area contributed by atoms with Crippen molar-refractivity contribution < 1.29 is 9.53 Å². The molecule has 0 aliphatic carbocycles. The highest BCUT2D eigenvalue weighted by atomic mass is 16.5. The lowest BCUT2D eigenvalue weighted by molar-refractivity contribution is 0.101. The average molecular weight is 265 g/mol. The van der Waals surface area contributed by atoms with E-state index in [0.29, 0.717) is 16.9 Å². The molecule has 0 spiro atoms. The van der Waals surface area contributed by atoms with Gasteiger partial charge in [0.15, 0.2) is 5.78 Å². The van der Waals surface area contributed by atoms with Gasteiger partial charge in [-0.1, -0.05) is 29.8 Å². The number of Topliss-reactive ketones (excluding diaryl/α,β-unsaturated/α-hetero) is 1. The molecule has 3 heteroatoms. The maximum absolute atomic E-state index is 11.6. The van der Waals surface area contributed by atoms with Gasteiger partial charge in [0.2, 0.25) is 0 Å². The SMILES string of the molecule is CC(=O)c1cc(C)ccc1OCc1ccccc1C#N. The van der Waals surface area contributed by atoms with Crippen LogP contribution in [0.2, 0.25) is 0 Å². The van der Waals surface area contributed by atoms with Crippen LogP contribution in [0.25, 0.3) is 0 Å². The second kappa shape index (κ2) is 6.03. The lowest BCUT2D eigenvalue weighted by Gasteiger charge is -2.11. The Balaban J connectivity index is 2.24. The molecule has 0 radical (unpaired) electrons. The third kappa shape index (κ3) is 3.04. The molecule has 0 bridgehead atoms. The van der Waals surface area contributed by atoms with E-state index in [1.807, 2.05) is 37.3 Å². The molecule has 2 rings (SSSR count). The number of hydrogen-bond acceptors (Lipinski definition) is 3. The first-order valence-corrected chi connectivity index (χ1v) is 6.34. The third-order valence-electron chi connectivity index (χ3n) is 3.04. The number of carbonyl (C=O) groups excluding carboxylic acids is 1. The fourth-order valence-corrected chi connectivity index (χ4v) is 1.96. The van der Waals surface area contributed by atoms with Gasteiger partial charge in [-0.25, -0.2) is 0 Å². The molecule has 0 N–H and O–H groups in total. The van der Waals surface area contributed by atoms with Gasteiger partial charge < -0.3 is 4.74 Å². The lowest BCUT2D eigenvalue weighted by Crippen LogP contribution is -2.03. The van der Waals surface area contributed by atoms with E-state index in [1.54, 1.807) is 12.1 Å². The van der Waals surface area contributed by atoms with Gasteiger partial charge in [0.1, 0.15) is 12.4 Å². The summed E-state index contributed by atoms with van der Waals surface area (Å²) in [6, 6.07) is 14.9. The summed E-state index contributed by atoms with van der Waals surface area (Å²) in [5.74, 6) is 0.521. The van der Waals surface area contributed by atoms with Crippen molar-refractivity contribution >= 4 is 5.78 Å². The minimum Gasteiger partial charge on any atom is -0.488 e. The summed E-state index contributed by atoms with van der Waals surface area (Å²) in [5.41, 5.74) is 2.98. The van der Waals surface area contributed by atoms with Gasteiger partial charge >= 0.3 is 0 Å². The zero-order chi connectivity index (χ0) is 14.5. The van der Waals surface area contributed by atoms with Crippen molar-refractivity contribution in [2.24, 2.45) is 0 Å². The van der Waals surface area contributed by atoms with E-state index >= 15 is 0 Å². The summed E-state index contributed by atoms with van der Waals surface area (Å²) in [6.07, 6.45) is 0. The van der Waals surface area contributed by atoms with E-state index in [0.717, 1.165) is 11.1 Å². The van der Waals surface area contributed by atoms with Crippen LogP contribution < -0.4 is 4.74 Å². The van der Waals surface area contributed by atoms with Crippen molar-refractivity contribution in [2.75, 3.05) is 0 Å². The molecular weight excluding hydrogens is 250 g/mol. The largest absolute Gasteiger partial charge is 0.488 e. The van der Waals surface area contributed by atoms with Crippen LogP contribution >= 0.6 is 0 Å². The Labute approximate surface area is 118 Å². The normalized spacial score (nSPS) is 9.85. The molecule has 3 nitrogen and oxygen atoms in total. The number of ketones is 1. The molecule has 2 aromatic rings. The molecule has 0 aliphatic heterocycles. The van der Waals surface area contributed by atoms with Gasteiger partial charge in [0.05, 0.1) is 17.2 Å². The molecule has 20 heavy (non-hydrogen) atoms. The van der Waals surface area contributed by atoms with Crippen LogP contribution in [0.15, 0.2) is 42.5 Å². The number of aryl methyl sites for hydroxylation is 1. The standard InChI is InChI=1S/C17H15NO2/c1-12-7-8-17(16(9-12)13(2)19)20-11-15-6-4-3-5-14(15)10-18/h3-9H,11H2,1-2H3. The fourth-order valence-electron chi connectivity index (χ4n) is 1.96. The van der Waals surface area contributed by atoms with Crippen molar-refractivity contribution in [3.8, 4) is 11.8 Å². The average Bonchev–Trinajstić information content (AvgIpc) is 2.46. The van der Waals surface area contributed by atoms with Gasteiger partial charge in [0.25, 0.3) is 0 Å². The Morgan fingerprint density at radius 1 is 1.25 bits per heavy atom. The fraction of sp³-hybridized carbons (Fsp3) is 0.176. The number of nitrogens with zero attached hydrogens (tertiary/aromatic N) is 1. The highest BCUT2D eigenvalue weighted by Crippen LogP contribution is 2.22. The summed E-state index contributed by atoms with van der Waals surface area (Å²) >= 11 is 0. The maximum Gasteiger partial charge on any atom is 0.163 e. The first-order chi connectivity index (χ1) is 9.61. The minimum absolute atomic E-state index is 0.0303. The highest BCUT2D eigenvalue weighted by molar-refractivity contribution is 5.97. The topological polar surface area (TPSA) is 50.1 Å². The minimum atomic E-state index is -0.0303. The zero-order valence-corrected chi connectivity index (χ0v) is 11.5. The second-order valence-electron chi connectivity index (χ2n) is 4.61. The molecular formula is C17H15NO2. The smallest absolute Gasteiger partial charge is 0.163 e. The van der Waals surface area contributed by atoms with Gasteiger partial charge in [-0.2, -0.15) is 5.26 Å². The molecule has 100 valence electrons. The van der Waals surface area contributed by atoms with Crippen molar-refractivity contribution in [3.63, 3.8) is 0 Å². The predicted octanol–water partition coefficient (Wildman–Crippen LogP) is 3.65. The van der Waals surface area contributed by atoms with E-state index in [2.05, 4.69) is 6.07 Å². The molecule has 0 amide bonds. The first kappa shape index (κ1) is 13.8. The van der Waals surface area contributed by atoms with E-state index in [9.17, 15) is 4.79 Å². The summed E-state index contributed by atoms with van der Waals surface area (Å²) in [4.78, 5) is 11.6. The monoisotopic (exact) mass is 265 g/mol. The van der Waals surface area contributed by atoms with Crippen LogP contribution in [-0.2, 0) is 6.61 Å². The molecule has 0 heterocycles.